The van der Waals surface area contributed by atoms with E-state index in [1.54, 1.807) is 0 Å². The second kappa shape index (κ2) is 5.68. The number of hydrogen-bond donors (Lipinski definition) is 0. The number of ether oxygens (including phenoxy) is 1. The highest BCUT2D eigenvalue weighted by Gasteiger charge is 2.38. The molecule has 1 aromatic carbocycles. The average Bonchev–Trinajstić information content (AvgIpc) is 2.36. The molecule has 0 spiro atoms. The summed E-state index contributed by atoms with van der Waals surface area (Å²) in [6.07, 6.45) is -2.66. The summed E-state index contributed by atoms with van der Waals surface area (Å²) in [5.41, 5.74) is -1.60. The van der Waals surface area contributed by atoms with Gasteiger partial charge in [-0.05, 0) is 37.0 Å². The highest BCUT2D eigenvalue weighted by Crippen LogP contribution is 2.37. The smallest absolute Gasteiger partial charge is 0.378 e. The predicted molar refractivity (Wildman–Crippen MR) is 63.4 cm³/mol. The molecule has 0 radical (unpaired) electrons. The topological polar surface area (TPSA) is 9.23 Å². The van der Waals surface area contributed by atoms with Gasteiger partial charge < -0.3 is 4.74 Å². The van der Waals surface area contributed by atoms with Crippen LogP contribution in [0.15, 0.2) is 12.1 Å². The Kier molecular flexibility index (Phi) is 4.32. The van der Waals surface area contributed by atoms with Crippen LogP contribution in [0.3, 0.4) is 0 Å². The van der Waals surface area contributed by atoms with E-state index in [2.05, 4.69) is 0 Å². The van der Waals surface area contributed by atoms with Gasteiger partial charge in [-0.15, -0.1) is 0 Å². The molecule has 6 heteroatoms. The molecule has 0 bridgehead atoms. The largest absolute Gasteiger partial charge is 0.422 e. The third kappa shape index (κ3) is 3.11. The fourth-order valence-corrected chi connectivity index (χ4v) is 2.49. The van der Waals surface area contributed by atoms with E-state index >= 15 is 0 Å². The van der Waals surface area contributed by atoms with Gasteiger partial charge in [-0.2, -0.15) is 13.2 Å². The molecule has 20 heavy (non-hydrogen) atoms. The van der Waals surface area contributed by atoms with Crippen molar-refractivity contribution < 1.29 is 26.7 Å². The summed E-state index contributed by atoms with van der Waals surface area (Å²) >= 11 is 0. The quantitative estimate of drug-likeness (QED) is 0.721. The molecule has 0 N–H and O–H groups in total. The third-order valence-electron chi connectivity index (χ3n) is 3.64. The average molecular weight is 294 g/mol. The van der Waals surface area contributed by atoms with Gasteiger partial charge in [0.1, 0.15) is 17.2 Å². The number of rotatable bonds is 2. The lowest BCUT2D eigenvalue weighted by molar-refractivity contribution is -0.142. The molecule has 1 fully saturated rings. The maximum Gasteiger partial charge on any atom is 0.422 e. The summed E-state index contributed by atoms with van der Waals surface area (Å²) in [6, 6.07) is 1.54. The van der Waals surface area contributed by atoms with E-state index in [0.717, 1.165) is 25.0 Å². The standard InChI is InChI=1S/C14H15F5O/c1-2-10-4-3-8(7-20-10)9-5-11(15)13(12(16)6-9)14(17,18)19/h5-6,8,10H,2-4,7H2,1H3. The first-order chi connectivity index (χ1) is 9.32. The van der Waals surface area contributed by atoms with Crippen LogP contribution in [0.2, 0.25) is 0 Å². The molecule has 2 unspecified atom stereocenters. The van der Waals surface area contributed by atoms with Gasteiger partial charge >= 0.3 is 6.18 Å². The van der Waals surface area contributed by atoms with Crippen molar-refractivity contribution in [1.29, 1.82) is 0 Å². The lowest BCUT2D eigenvalue weighted by Gasteiger charge is -2.29. The summed E-state index contributed by atoms with van der Waals surface area (Å²) in [7, 11) is 0. The molecule has 1 heterocycles. The number of halogens is 5. The van der Waals surface area contributed by atoms with Crippen LogP contribution in [0.5, 0.6) is 0 Å². The van der Waals surface area contributed by atoms with Crippen LogP contribution < -0.4 is 0 Å². The van der Waals surface area contributed by atoms with E-state index in [0.29, 0.717) is 6.42 Å². The van der Waals surface area contributed by atoms with Crippen LogP contribution in [0, 0.1) is 11.6 Å². The van der Waals surface area contributed by atoms with E-state index in [1.165, 1.54) is 0 Å². The van der Waals surface area contributed by atoms with Gasteiger partial charge in [0.15, 0.2) is 0 Å². The minimum atomic E-state index is -5.02. The highest BCUT2D eigenvalue weighted by molar-refractivity contribution is 5.30. The van der Waals surface area contributed by atoms with Crippen molar-refractivity contribution in [2.75, 3.05) is 6.61 Å². The Balaban J connectivity index is 2.23. The van der Waals surface area contributed by atoms with Crippen molar-refractivity contribution in [2.24, 2.45) is 0 Å². The Labute approximate surface area is 113 Å². The van der Waals surface area contributed by atoms with E-state index in [9.17, 15) is 22.0 Å². The van der Waals surface area contributed by atoms with Crippen LogP contribution >= 0.6 is 0 Å². The Morgan fingerprint density at radius 2 is 1.75 bits per heavy atom. The van der Waals surface area contributed by atoms with Crippen LogP contribution in [-0.4, -0.2) is 12.7 Å². The zero-order chi connectivity index (χ0) is 14.9. The molecule has 0 amide bonds. The maximum atomic E-state index is 13.5. The van der Waals surface area contributed by atoms with Crippen molar-refractivity contribution in [3.63, 3.8) is 0 Å². The van der Waals surface area contributed by atoms with Crippen molar-refractivity contribution in [3.05, 3.63) is 34.9 Å². The SMILES string of the molecule is CCC1CCC(c2cc(F)c(C(F)(F)F)c(F)c2)CO1. The number of benzene rings is 1. The second-order valence-electron chi connectivity index (χ2n) is 5.00. The van der Waals surface area contributed by atoms with Crippen LogP contribution in [0.25, 0.3) is 0 Å². The van der Waals surface area contributed by atoms with Crippen molar-refractivity contribution in [3.8, 4) is 0 Å². The lowest BCUT2D eigenvalue weighted by Crippen LogP contribution is -2.24. The van der Waals surface area contributed by atoms with E-state index in [4.69, 9.17) is 4.74 Å². The maximum absolute atomic E-state index is 13.5. The summed E-state index contributed by atoms with van der Waals surface area (Å²) in [5, 5.41) is 0. The second-order valence-corrected chi connectivity index (χ2v) is 5.00. The van der Waals surface area contributed by atoms with Gasteiger partial charge in [0.2, 0.25) is 0 Å². The van der Waals surface area contributed by atoms with Gasteiger partial charge in [0.05, 0.1) is 12.7 Å². The zero-order valence-corrected chi connectivity index (χ0v) is 10.9. The van der Waals surface area contributed by atoms with Gasteiger partial charge in [0, 0.05) is 5.92 Å². The predicted octanol–water partition coefficient (Wildman–Crippen LogP) is 4.66. The van der Waals surface area contributed by atoms with Crippen molar-refractivity contribution >= 4 is 0 Å². The third-order valence-corrected chi connectivity index (χ3v) is 3.64. The monoisotopic (exact) mass is 294 g/mol. The number of alkyl halides is 3. The minimum Gasteiger partial charge on any atom is -0.378 e. The van der Waals surface area contributed by atoms with E-state index in [1.807, 2.05) is 6.92 Å². The first-order valence-electron chi connectivity index (χ1n) is 6.50. The van der Waals surface area contributed by atoms with E-state index < -0.39 is 23.4 Å². The molecular formula is C14H15F5O. The summed E-state index contributed by atoms with van der Waals surface area (Å²) in [6.45, 7) is 2.26. The van der Waals surface area contributed by atoms with Gasteiger partial charge in [-0.3, -0.25) is 0 Å². The van der Waals surface area contributed by atoms with E-state index in [-0.39, 0.29) is 24.2 Å². The lowest BCUT2D eigenvalue weighted by atomic mass is 9.90. The molecule has 112 valence electrons. The molecule has 0 aliphatic carbocycles. The Morgan fingerprint density at radius 1 is 1.15 bits per heavy atom. The molecule has 0 aromatic heterocycles. The van der Waals surface area contributed by atoms with Crippen LogP contribution in [0.4, 0.5) is 22.0 Å². The Hall–Kier alpha value is -1.17. The molecule has 1 saturated heterocycles. The molecule has 1 nitrogen and oxygen atoms in total. The number of hydrogen-bond acceptors (Lipinski definition) is 1. The normalized spacial score (nSPS) is 23.9. The Morgan fingerprint density at radius 3 is 2.15 bits per heavy atom. The van der Waals surface area contributed by atoms with Gasteiger partial charge in [-0.1, -0.05) is 6.92 Å². The molecule has 1 aliphatic rings. The van der Waals surface area contributed by atoms with Crippen molar-refractivity contribution in [1.82, 2.24) is 0 Å². The van der Waals surface area contributed by atoms with Crippen LogP contribution in [0.1, 0.15) is 43.2 Å². The fourth-order valence-electron chi connectivity index (χ4n) is 2.49. The molecule has 1 aliphatic heterocycles. The van der Waals surface area contributed by atoms with Crippen LogP contribution in [-0.2, 0) is 10.9 Å². The minimum absolute atomic E-state index is 0.121. The molecular weight excluding hydrogens is 279 g/mol. The molecule has 2 rings (SSSR count). The first kappa shape index (κ1) is 15.2. The molecule has 0 saturated carbocycles. The zero-order valence-electron chi connectivity index (χ0n) is 10.9. The molecule has 2 atom stereocenters. The highest BCUT2D eigenvalue weighted by atomic mass is 19.4. The molecule has 1 aromatic rings. The first-order valence-corrected chi connectivity index (χ1v) is 6.50. The summed E-state index contributed by atoms with van der Waals surface area (Å²) in [4.78, 5) is 0. The Bertz CT molecular complexity index is 452. The summed E-state index contributed by atoms with van der Waals surface area (Å²) < 4.78 is 69.9. The van der Waals surface area contributed by atoms with Crippen molar-refractivity contribution in [2.45, 2.75) is 44.4 Å². The summed E-state index contributed by atoms with van der Waals surface area (Å²) in [5.74, 6) is -3.39. The fraction of sp³-hybridized carbons (Fsp3) is 0.571. The van der Waals surface area contributed by atoms with Gasteiger partial charge in [-0.25, -0.2) is 8.78 Å². The van der Waals surface area contributed by atoms with Gasteiger partial charge in [0.25, 0.3) is 0 Å².